The maximum absolute atomic E-state index is 12.8. The van der Waals surface area contributed by atoms with Gasteiger partial charge in [-0.1, -0.05) is 17.7 Å². The average molecular weight is 431 g/mol. The van der Waals surface area contributed by atoms with Gasteiger partial charge >= 0.3 is 0 Å². The van der Waals surface area contributed by atoms with Crippen molar-refractivity contribution in [1.82, 2.24) is 14.7 Å². The van der Waals surface area contributed by atoms with Crippen LogP contribution in [0, 0.1) is 6.92 Å². The predicted octanol–water partition coefficient (Wildman–Crippen LogP) is 2.46. The van der Waals surface area contributed by atoms with Gasteiger partial charge in [0.1, 0.15) is 5.82 Å². The first-order valence-corrected chi connectivity index (χ1v) is 10.5. The lowest BCUT2D eigenvalue weighted by atomic mass is 10.1. The molecule has 0 atom stereocenters. The van der Waals surface area contributed by atoms with Gasteiger partial charge in [-0.15, -0.1) is 5.10 Å². The summed E-state index contributed by atoms with van der Waals surface area (Å²) in [6.07, 6.45) is 0. The van der Waals surface area contributed by atoms with Crippen LogP contribution >= 0.6 is 0 Å². The van der Waals surface area contributed by atoms with Gasteiger partial charge in [-0.2, -0.15) is 4.68 Å². The molecule has 0 saturated carbocycles. The quantitative estimate of drug-likeness (QED) is 0.686. The largest absolute Gasteiger partial charge is 0.352 e. The van der Waals surface area contributed by atoms with Crippen LogP contribution in [0.3, 0.4) is 0 Å². The van der Waals surface area contributed by atoms with Gasteiger partial charge in [0.2, 0.25) is 5.91 Å². The predicted molar refractivity (Wildman–Crippen MR) is 123 cm³/mol. The SMILES string of the molecule is CC(=O)Nc1ccc(C(=O)N2CCN(c3ccc(=O)n(-c4ccc(C)cc4)n3)CC2)cc1. The molecule has 1 aromatic heterocycles. The van der Waals surface area contributed by atoms with Crippen molar-refractivity contribution in [2.45, 2.75) is 13.8 Å². The van der Waals surface area contributed by atoms with Crippen LogP contribution in [0.25, 0.3) is 5.69 Å². The van der Waals surface area contributed by atoms with E-state index in [1.54, 1.807) is 35.2 Å². The minimum absolute atomic E-state index is 0.0448. The molecule has 0 unspecified atom stereocenters. The first-order valence-electron chi connectivity index (χ1n) is 10.5. The molecule has 0 bridgehead atoms. The van der Waals surface area contributed by atoms with E-state index in [1.807, 2.05) is 31.2 Å². The number of carbonyl (C=O) groups excluding carboxylic acids is 2. The molecule has 1 aliphatic rings. The number of aromatic nitrogens is 2. The highest BCUT2D eigenvalue weighted by atomic mass is 16.2. The Hall–Kier alpha value is -3.94. The zero-order chi connectivity index (χ0) is 22.7. The van der Waals surface area contributed by atoms with Crippen molar-refractivity contribution in [3.8, 4) is 5.69 Å². The second-order valence-corrected chi connectivity index (χ2v) is 7.81. The molecule has 8 nitrogen and oxygen atoms in total. The third kappa shape index (κ3) is 4.69. The number of carbonyl (C=O) groups is 2. The Morgan fingerprint density at radius 1 is 0.875 bits per heavy atom. The third-order valence-electron chi connectivity index (χ3n) is 5.41. The van der Waals surface area contributed by atoms with Crippen LogP contribution in [0.5, 0.6) is 0 Å². The van der Waals surface area contributed by atoms with E-state index in [0.29, 0.717) is 43.2 Å². The summed E-state index contributed by atoms with van der Waals surface area (Å²) >= 11 is 0. The van der Waals surface area contributed by atoms with E-state index < -0.39 is 0 Å². The summed E-state index contributed by atoms with van der Waals surface area (Å²) in [6.45, 7) is 5.79. The topological polar surface area (TPSA) is 87.5 Å². The number of aryl methyl sites for hydroxylation is 1. The Labute approximate surface area is 186 Å². The number of hydrogen-bond donors (Lipinski definition) is 1. The van der Waals surface area contributed by atoms with Crippen molar-refractivity contribution in [3.63, 3.8) is 0 Å². The van der Waals surface area contributed by atoms with E-state index >= 15 is 0 Å². The summed E-state index contributed by atoms with van der Waals surface area (Å²) in [5, 5.41) is 7.25. The second kappa shape index (κ2) is 9.05. The molecule has 3 aromatic rings. The van der Waals surface area contributed by atoms with Crippen LogP contribution in [0.1, 0.15) is 22.8 Å². The lowest BCUT2D eigenvalue weighted by Gasteiger charge is -2.35. The molecule has 0 spiro atoms. The minimum atomic E-state index is -0.186. The zero-order valence-corrected chi connectivity index (χ0v) is 18.1. The van der Waals surface area contributed by atoms with Gasteiger partial charge in [-0.25, -0.2) is 0 Å². The number of hydrogen-bond acceptors (Lipinski definition) is 5. The summed E-state index contributed by atoms with van der Waals surface area (Å²) < 4.78 is 1.41. The molecule has 2 amide bonds. The number of rotatable bonds is 4. The Morgan fingerprint density at radius 3 is 2.16 bits per heavy atom. The number of nitrogens with one attached hydrogen (secondary N) is 1. The summed E-state index contributed by atoms with van der Waals surface area (Å²) in [5.41, 5.74) is 2.89. The summed E-state index contributed by atoms with van der Waals surface area (Å²) in [5.74, 6) is 0.510. The minimum Gasteiger partial charge on any atom is -0.352 e. The smallest absolute Gasteiger partial charge is 0.271 e. The van der Waals surface area contributed by atoms with Crippen molar-refractivity contribution in [3.05, 3.63) is 82.1 Å². The number of piperazine rings is 1. The number of nitrogens with zero attached hydrogens (tertiary/aromatic N) is 4. The van der Waals surface area contributed by atoms with Crippen LogP contribution in [0.15, 0.2) is 65.5 Å². The molecule has 1 aliphatic heterocycles. The van der Waals surface area contributed by atoms with Crippen molar-refractivity contribution in [2.75, 3.05) is 36.4 Å². The monoisotopic (exact) mass is 431 g/mol. The molecule has 0 aliphatic carbocycles. The van der Waals surface area contributed by atoms with E-state index in [-0.39, 0.29) is 17.4 Å². The fourth-order valence-corrected chi connectivity index (χ4v) is 3.66. The van der Waals surface area contributed by atoms with Crippen LogP contribution in [0.2, 0.25) is 0 Å². The Morgan fingerprint density at radius 2 is 1.53 bits per heavy atom. The molecule has 0 radical (unpaired) electrons. The second-order valence-electron chi connectivity index (χ2n) is 7.81. The van der Waals surface area contributed by atoms with E-state index in [4.69, 9.17) is 0 Å². The van der Waals surface area contributed by atoms with Crippen LogP contribution < -0.4 is 15.8 Å². The van der Waals surface area contributed by atoms with Crippen molar-refractivity contribution in [1.29, 1.82) is 0 Å². The summed E-state index contributed by atoms with van der Waals surface area (Å²) in [4.78, 5) is 40.2. The van der Waals surface area contributed by atoms with Gasteiger partial charge in [-0.3, -0.25) is 14.4 Å². The molecular formula is C24H25N5O3. The highest BCUT2D eigenvalue weighted by Gasteiger charge is 2.23. The standard InChI is InChI=1S/C24H25N5O3/c1-17-3-9-21(10-4-17)29-23(31)12-11-22(26-29)27-13-15-28(16-14-27)24(32)19-5-7-20(8-6-19)25-18(2)30/h3-12H,13-16H2,1-2H3,(H,25,30). The van der Waals surface area contributed by atoms with Gasteiger partial charge in [0.15, 0.2) is 0 Å². The van der Waals surface area contributed by atoms with Gasteiger partial charge in [0.25, 0.3) is 11.5 Å². The van der Waals surface area contributed by atoms with E-state index in [2.05, 4.69) is 15.3 Å². The molecule has 1 N–H and O–H groups in total. The fraction of sp³-hybridized carbons (Fsp3) is 0.250. The molecular weight excluding hydrogens is 406 g/mol. The highest BCUT2D eigenvalue weighted by molar-refractivity contribution is 5.95. The lowest BCUT2D eigenvalue weighted by molar-refractivity contribution is -0.114. The van der Waals surface area contributed by atoms with E-state index in [0.717, 1.165) is 11.3 Å². The van der Waals surface area contributed by atoms with Crippen molar-refractivity contribution < 1.29 is 9.59 Å². The van der Waals surface area contributed by atoms with Crippen LogP contribution in [0.4, 0.5) is 11.5 Å². The van der Waals surface area contributed by atoms with E-state index in [9.17, 15) is 14.4 Å². The van der Waals surface area contributed by atoms with Gasteiger partial charge in [0, 0.05) is 50.4 Å². The maximum atomic E-state index is 12.8. The van der Waals surface area contributed by atoms with Gasteiger partial charge in [0.05, 0.1) is 5.69 Å². The molecule has 2 heterocycles. The van der Waals surface area contributed by atoms with E-state index in [1.165, 1.54) is 17.7 Å². The highest BCUT2D eigenvalue weighted by Crippen LogP contribution is 2.17. The molecule has 4 rings (SSSR count). The van der Waals surface area contributed by atoms with Gasteiger partial charge < -0.3 is 15.1 Å². The van der Waals surface area contributed by atoms with Gasteiger partial charge in [-0.05, 0) is 49.4 Å². The first kappa shape index (κ1) is 21.3. The first-order chi connectivity index (χ1) is 15.4. The third-order valence-corrected chi connectivity index (χ3v) is 5.41. The number of anilines is 2. The lowest BCUT2D eigenvalue weighted by Crippen LogP contribution is -2.49. The molecule has 1 saturated heterocycles. The number of benzene rings is 2. The van der Waals surface area contributed by atoms with Crippen molar-refractivity contribution >= 4 is 23.3 Å². The number of amides is 2. The Balaban J connectivity index is 1.43. The molecule has 32 heavy (non-hydrogen) atoms. The summed E-state index contributed by atoms with van der Waals surface area (Å²) in [7, 11) is 0. The molecule has 1 fully saturated rings. The molecule has 2 aromatic carbocycles. The molecule has 8 heteroatoms. The summed E-state index contributed by atoms with van der Waals surface area (Å²) in [6, 6.07) is 17.8. The molecule has 164 valence electrons. The maximum Gasteiger partial charge on any atom is 0.271 e. The Bertz CT molecular complexity index is 1180. The van der Waals surface area contributed by atoms with Crippen LogP contribution in [-0.2, 0) is 4.79 Å². The fourth-order valence-electron chi connectivity index (χ4n) is 3.66. The Kier molecular flexibility index (Phi) is 6.02. The normalized spacial score (nSPS) is 13.7. The van der Waals surface area contributed by atoms with Crippen LogP contribution in [-0.4, -0.2) is 52.7 Å². The average Bonchev–Trinajstić information content (AvgIpc) is 2.80. The van der Waals surface area contributed by atoms with Crippen molar-refractivity contribution in [2.24, 2.45) is 0 Å². The zero-order valence-electron chi connectivity index (χ0n) is 18.1.